The van der Waals surface area contributed by atoms with Gasteiger partial charge in [-0.2, -0.15) is 11.3 Å². The number of piperidine rings is 1. The second kappa shape index (κ2) is 7.19. The van der Waals surface area contributed by atoms with Crippen LogP contribution in [0.15, 0.2) is 53.5 Å². The van der Waals surface area contributed by atoms with E-state index in [0.29, 0.717) is 5.92 Å². The number of nitrogens with zero attached hydrogens (tertiary/aromatic N) is 4. The first-order chi connectivity index (χ1) is 12.3. The summed E-state index contributed by atoms with van der Waals surface area (Å²) in [6, 6.07) is 12.1. The number of hydrogen-bond donors (Lipinski definition) is 0. The summed E-state index contributed by atoms with van der Waals surface area (Å²) in [7, 11) is 0. The fraction of sp³-hybridized carbons (Fsp3) is 0.316. The van der Waals surface area contributed by atoms with Gasteiger partial charge < -0.3 is 4.90 Å². The van der Waals surface area contributed by atoms with Crippen molar-refractivity contribution in [1.82, 2.24) is 19.7 Å². The Balaban J connectivity index is 1.38. The third-order valence-electron chi connectivity index (χ3n) is 4.79. The summed E-state index contributed by atoms with van der Waals surface area (Å²) >= 11 is 1.57. The molecule has 0 saturated carbocycles. The van der Waals surface area contributed by atoms with Crippen molar-refractivity contribution in [3.05, 3.63) is 64.9 Å². The fourth-order valence-corrected chi connectivity index (χ4v) is 4.00. The predicted octanol–water partition coefficient (Wildman–Crippen LogP) is 3.42. The first kappa shape index (κ1) is 16.0. The maximum atomic E-state index is 12.4. The van der Waals surface area contributed by atoms with Crippen molar-refractivity contribution in [2.24, 2.45) is 5.92 Å². The molecule has 3 heterocycles. The van der Waals surface area contributed by atoms with Crippen LogP contribution in [0.5, 0.6) is 0 Å². The normalized spacial score (nSPS) is 15.4. The first-order valence-electron chi connectivity index (χ1n) is 8.57. The highest BCUT2D eigenvalue weighted by Crippen LogP contribution is 2.23. The number of likely N-dealkylation sites (tertiary alicyclic amines) is 1. The zero-order valence-corrected chi connectivity index (χ0v) is 14.7. The van der Waals surface area contributed by atoms with E-state index in [1.165, 1.54) is 0 Å². The van der Waals surface area contributed by atoms with E-state index < -0.39 is 0 Å². The van der Waals surface area contributed by atoms with Crippen molar-refractivity contribution in [1.29, 1.82) is 0 Å². The van der Waals surface area contributed by atoms with E-state index in [1.54, 1.807) is 17.7 Å². The van der Waals surface area contributed by atoms with Crippen LogP contribution in [-0.2, 0) is 6.42 Å². The molecule has 1 aromatic carbocycles. The lowest BCUT2D eigenvalue weighted by Gasteiger charge is -2.31. The minimum Gasteiger partial charge on any atom is -0.339 e. The maximum absolute atomic E-state index is 12.4. The Morgan fingerprint density at radius 1 is 1.16 bits per heavy atom. The molecule has 6 heteroatoms. The molecule has 0 spiro atoms. The van der Waals surface area contributed by atoms with Gasteiger partial charge >= 0.3 is 0 Å². The van der Waals surface area contributed by atoms with E-state index in [4.69, 9.17) is 0 Å². The standard InChI is InChI=1S/C19H20N4OS/c24-19(16-8-11-25-13-16)22-9-6-15(7-10-22)12-18-21-20-14-23(18)17-4-2-1-3-5-17/h1-5,8,11,13-15H,6-7,9-10,12H2. The average molecular weight is 352 g/mol. The number of amides is 1. The van der Waals surface area contributed by atoms with Crippen LogP contribution in [0.3, 0.4) is 0 Å². The van der Waals surface area contributed by atoms with Crippen LogP contribution in [0.1, 0.15) is 29.0 Å². The minimum atomic E-state index is 0.159. The summed E-state index contributed by atoms with van der Waals surface area (Å²) < 4.78 is 2.06. The Bertz CT molecular complexity index is 820. The van der Waals surface area contributed by atoms with Gasteiger partial charge in [0.1, 0.15) is 12.2 Å². The molecule has 0 atom stereocenters. The van der Waals surface area contributed by atoms with Crippen molar-refractivity contribution < 1.29 is 4.79 Å². The van der Waals surface area contributed by atoms with Gasteiger partial charge in [-0.05, 0) is 42.3 Å². The van der Waals surface area contributed by atoms with Crippen LogP contribution in [0.4, 0.5) is 0 Å². The largest absolute Gasteiger partial charge is 0.339 e. The number of hydrogen-bond acceptors (Lipinski definition) is 4. The van der Waals surface area contributed by atoms with Crippen molar-refractivity contribution in [3.63, 3.8) is 0 Å². The highest BCUT2D eigenvalue weighted by atomic mass is 32.1. The quantitative estimate of drug-likeness (QED) is 0.723. The van der Waals surface area contributed by atoms with E-state index >= 15 is 0 Å². The van der Waals surface area contributed by atoms with Crippen molar-refractivity contribution in [2.45, 2.75) is 19.3 Å². The Hall–Kier alpha value is -2.47. The van der Waals surface area contributed by atoms with Crippen LogP contribution < -0.4 is 0 Å². The molecule has 1 fully saturated rings. The Morgan fingerprint density at radius 2 is 1.96 bits per heavy atom. The number of carbonyl (C=O) groups is 1. The van der Waals surface area contributed by atoms with E-state index in [1.807, 2.05) is 39.9 Å². The van der Waals surface area contributed by atoms with Crippen LogP contribution in [-0.4, -0.2) is 38.7 Å². The molecule has 5 nitrogen and oxygen atoms in total. The van der Waals surface area contributed by atoms with Crippen LogP contribution in [0.25, 0.3) is 5.69 Å². The molecule has 0 aliphatic carbocycles. The van der Waals surface area contributed by atoms with Gasteiger partial charge in [-0.15, -0.1) is 10.2 Å². The van der Waals surface area contributed by atoms with Gasteiger partial charge in [0.15, 0.2) is 0 Å². The van der Waals surface area contributed by atoms with Gasteiger partial charge in [0, 0.05) is 30.6 Å². The molecule has 1 aliphatic rings. The van der Waals surface area contributed by atoms with Crippen molar-refractivity contribution >= 4 is 17.2 Å². The first-order valence-corrected chi connectivity index (χ1v) is 9.51. The van der Waals surface area contributed by atoms with Crippen LogP contribution >= 0.6 is 11.3 Å². The van der Waals surface area contributed by atoms with Crippen molar-refractivity contribution in [3.8, 4) is 5.69 Å². The van der Waals surface area contributed by atoms with Gasteiger partial charge in [0.05, 0.1) is 5.56 Å². The van der Waals surface area contributed by atoms with Gasteiger partial charge in [0.2, 0.25) is 0 Å². The zero-order chi connectivity index (χ0) is 17.1. The fourth-order valence-electron chi connectivity index (χ4n) is 3.37. The number of rotatable bonds is 4. The third kappa shape index (κ3) is 3.49. The number of benzene rings is 1. The van der Waals surface area contributed by atoms with Crippen molar-refractivity contribution in [2.75, 3.05) is 13.1 Å². The second-order valence-electron chi connectivity index (χ2n) is 6.40. The molecule has 25 heavy (non-hydrogen) atoms. The second-order valence-corrected chi connectivity index (χ2v) is 7.18. The summed E-state index contributed by atoms with van der Waals surface area (Å²) in [6.45, 7) is 1.64. The highest BCUT2D eigenvalue weighted by Gasteiger charge is 2.25. The molecular weight excluding hydrogens is 332 g/mol. The smallest absolute Gasteiger partial charge is 0.254 e. The molecule has 1 amide bonds. The van der Waals surface area contributed by atoms with Gasteiger partial charge in [-0.1, -0.05) is 18.2 Å². The minimum absolute atomic E-state index is 0.159. The molecule has 0 bridgehead atoms. The van der Waals surface area contributed by atoms with Crippen LogP contribution in [0, 0.1) is 5.92 Å². The van der Waals surface area contributed by atoms with Gasteiger partial charge in [-0.3, -0.25) is 9.36 Å². The van der Waals surface area contributed by atoms with E-state index in [9.17, 15) is 4.79 Å². The summed E-state index contributed by atoms with van der Waals surface area (Å²) in [6.07, 6.45) is 4.70. The van der Waals surface area contributed by atoms with Crippen LogP contribution in [0.2, 0.25) is 0 Å². The van der Waals surface area contributed by atoms with Gasteiger partial charge in [-0.25, -0.2) is 0 Å². The Morgan fingerprint density at radius 3 is 2.68 bits per heavy atom. The number of aromatic nitrogens is 3. The van der Waals surface area contributed by atoms with E-state index in [0.717, 1.165) is 49.4 Å². The Kier molecular flexibility index (Phi) is 4.61. The molecule has 2 aromatic heterocycles. The molecule has 1 saturated heterocycles. The molecule has 4 rings (SSSR count). The third-order valence-corrected chi connectivity index (χ3v) is 5.48. The summed E-state index contributed by atoms with van der Waals surface area (Å²) in [5.41, 5.74) is 1.90. The Labute approximate surface area is 150 Å². The molecular formula is C19H20N4OS. The molecule has 0 radical (unpaired) electrons. The summed E-state index contributed by atoms with van der Waals surface area (Å²) in [5.74, 6) is 1.69. The number of para-hydroxylation sites is 1. The average Bonchev–Trinajstić information content (AvgIpc) is 3.35. The summed E-state index contributed by atoms with van der Waals surface area (Å²) in [4.78, 5) is 14.4. The molecule has 1 aliphatic heterocycles. The molecule has 3 aromatic rings. The van der Waals surface area contributed by atoms with E-state index in [-0.39, 0.29) is 5.91 Å². The lowest BCUT2D eigenvalue weighted by molar-refractivity contribution is 0.0690. The molecule has 128 valence electrons. The lowest BCUT2D eigenvalue weighted by atomic mass is 9.93. The lowest BCUT2D eigenvalue weighted by Crippen LogP contribution is -2.38. The number of carbonyl (C=O) groups excluding carboxylic acids is 1. The maximum Gasteiger partial charge on any atom is 0.254 e. The monoisotopic (exact) mass is 352 g/mol. The van der Waals surface area contributed by atoms with E-state index in [2.05, 4.69) is 26.9 Å². The predicted molar refractivity (Wildman–Crippen MR) is 98.0 cm³/mol. The zero-order valence-electron chi connectivity index (χ0n) is 13.9. The SMILES string of the molecule is O=C(c1ccsc1)N1CCC(Cc2nncn2-c2ccccc2)CC1. The van der Waals surface area contributed by atoms with Gasteiger partial charge in [0.25, 0.3) is 5.91 Å². The topological polar surface area (TPSA) is 51.0 Å². The number of thiophene rings is 1. The summed E-state index contributed by atoms with van der Waals surface area (Å²) in [5, 5.41) is 12.3. The molecule has 0 unspecified atom stereocenters. The molecule has 0 N–H and O–H groups in total. The highest BCUT2D eigenvalue weighted by molar-refractivity contribution is 7.08.